The van der Waals surface area contributed by atoms with Crippen molar-refractivity contribution in [1.82, 2.24) is 15.1 Å². The van der Waals surface area contributed by atoms with Crippen molar-refractivity contribution in [2.24, 2.45) is 5.92 Å². The van der Waals surface area contributed by atoms with Crippen LogP contribution in [0.4, 0.5) is 0 Å². The molecule has 0 bridgehead atoms. The van der Waals surface area contributed by atoms with Gasteiger partial charge in [0.1, 0.15) is 0 Å². The second kappa shape index (κ2) is 8.12. The summed E-state index contributed by atoms with van der Waals surface area (Å²) in [6, 6.07) is 0.456. The van der Waals surface area contributed by atoms with Gasteiger partial charge in [-0.1, -0.05) is 29.8 Å². The number of hydrogen-bond donors (Lipinski definition) is 1. The maximum Gasteiger partial charge on any atom is 0.220 e. The van der Waals surface area contributed by atoms with E-state index in [1.54, 1.807) is 0 Å². The van der Waals surface area contributed by atoms with Gasteiger partial charge in [-0.2, -0.15) is 0 Å². The summed E-state index contributed by atoms with van der Waals surface area (Å²) in [6.07, 6.45) is 0.563. The van der Waals surface area contributed by atoms with Gasteiger partial charge in [-0.3, -0.25) is 9.69 Å². The highest BCUT2D eigenvalue weighted by molar-refractivity contribution is 9.09. The average Bonchev–Trinajstić information content (AvgIpc) is 2.31. The molecule has 0 aromatic rings. The van der Waals surface area contributed by atoms with E-state index in [1.165, 1.54) is 0 Å². The fraction of sp³-hybridized carbons (Fsp3) is 0.923. The van der Waals surface area contributed by atoms with Crippen LogP contribution < -0.4 is 5.32 Å². The Hall–Kier alpha value is -0.130. The fourth-order valence-electron chi connectivity index (χ4n) is 2.33. The van der Waals surface area contributed by atoms with Crippen molar-refractivity contribution in [2.75, 3.05) is 45.1 Å². The molecule has 1 unspecified atom stereocenters. The van der Waals surface area contributed by atoms with Crippen LogP contribution in [0, 0.1) is 5.92 Å². The Kier molecular flexibility index (Phi) is 7.19. The molecular formula is C13H26BrN3O. The average molecular weight is 320 g/mol. The van der Waals surface area contributed by atoms with Gasteiger partial charge in [-0.15, -0.1) is 0 Å². The van der Waals surface area contributed by atoms with Crippen LogP contribution >= 0.6 is 15.9 Å². The van der Waals surface area contributed by atoms with Crippen LogP contribution in [0.2, 0.25) is 0 Å². The molecule has 0 aromatic carbocycles. The molecule has 1 heterocycles. The molecule has 106 valence electrons. The molecule has 1 amide bonds. The third kappa shape index (κ3) is 5.24. The molecule has 0 radical (unpaired) electrons. The minimum Gasteiger partial charge on any atom is -0.354 e. The van der Waals surface area contributed by atoms with Gasteiger partial charge in [-0.05, 0) is 13.0 Å². The smallest absolute Gasteiger partial charge is 0.220 e. The Balaban J connectivity index is 2.42. The number of likely N-dealkylation sites (N-methyl/N-ethyl adjacent to an activating group) is 1. The molecule has 1 aliphatic heterocycles. The van der Waals surface area contributed by atoms with Crippen LogP contribution in [-0.4, -0.2) is 66.9 Å². The lowest BCUT2D eigenvalue weighted by Gasteiger charge is -2.39. The second-order valence-corrected chi connectivity index (χ2v) is 6.19. The van der Waals surface area contributed by atoms with E-state index in [9.17, 15) is 4.79 Å². The maximum atomic E-state index is 11.5. The highest BCUT2D eigenvalue weighted by atomic mass is 79.9. The van der Waals surface area contributed by atoms with Gasteiger partial charge in [0.05, 0.1) is 0 Å². The Labute approximate surface area is 119 Å². The number of piperazine rings is 1. The molecule has 1 atom stereocenters. The monoisotopic (exact) mass is 319 g/mol. The Morgan fingerprint density at radius 2 is 1.89 bits per heavy atom. The molecule has 0 aromatic heterocycles. The Morgan fingerprint density at radius 3 is 2.39 bits per heavy atom. The van der Waals surface area contributed by atoms with E-state index in [-0.39, 0.29) is 5.91 Å². The third-order valence-corrected chi connectivity index (χ3v) is 4.00. The normalized spacial score (nSPS) is 20.1. The number of amides is 1. The zero-order valence-electron chi connectivity index (χ0n) is 11.8. The summed E-state index contributed by atoms with van der Waals surface area (Å²) in [7, 11) is 2.17. The number of carbonyl (C=O) groups excluding carboxylic acids is 1. The Bertz CT molecular complexity index is 253. The first kappa shape index (κ1) is 15.9. The Morgan fingerprint density at radius 1 is 1.28 bits per heavy atom. The predicted octanol–water partition coefficient (Wildman–Crippen LogP) is 1.16. The van der Waals surface area contributed by atoms with Gasteiger partial charge in [0.15, 0.2) is 0 Å². The highest BCUT2D eigenvalue weighted by Gasteiger charge is 2.25. The quantitative estimate of drug-likeness (QED) is 0.746. The molecular weight excluding hydrogens is 294 g/mol. The van der Waals surface area contributed by atoms with E-state index in [0.29, 0.717) is 18.4 Å². The first-order valence-corrected chi connectivity index (χ1v) is 7.92. The van der Waals surface area contributed by atoms with Crippen LogP contribution in [0.5, 0.6) is 0 Å². The first-order valence-electron chi connectivity index (χ1n) is 6.80. The molecule has 4 nitrogen and oxygen atoms in total. The second-order valence-electron chi connectivity index (χ2n) is 5.39. The third-order valence-electron chi connectivity index (χ3n) is 3.61. The summed E-state index contributed by atoms with van der Waals surface area (Å²) >= 11 is 3.29. The molecule has 1 fully saturated rings. The summed E-state index contributed by atoms with van der Waals surface area (Å²) in [5, 5.41) is 3.79. The minimum atomic E-state index is 0.145. The van der Waals surface area contributed by atoms with Crippen LogP contribution in [-0.2, 0) is 4.79 Å². The SMILES string of the molecule is CC(C)C(CNC(=O)CCBr)N1CCN(C)CC1. The molecule has 1 N–H and O–H groups in total. The molecule has 18 heavy (non-hydrogen) atoms. The van der Waals surface area contributed by atoms with Crippen molar-refractivity contribution < 1.29 is 4.79 Å². The van der Waals surface area contributed by atoms with Crippen molar-refractivity contribution in [1.29, 1.82) is 0 Å². The van der Waals surface area contributed by atoms with Gasteiger partial charge in [0.2, 0.25) is 5.91 Å². The largest absolute Gasteiger partial charge is 0.354 e. The van der Waals surface area contributed by atoms with Crippen molar-refractivity contribution in [3.05, 3.63) is 0 Å². The summed E-state index contributed by atoms with van der Waals surface area (Å²) < 4.78 is 0. The lowest BCUT2D eigenvalue weighted by atomic mass is 10.0. The van der Waals surface area contributed by atoms with Crippen LogP contribution in [0.3, 0.4) is 0 Å². The van der Waals surface area contributed by atoms with E-state index in [1.807, 2.05) is 0 Å². The molecule has 0 spiro atoms. The van der Waals surface area contributed by atoms with E-state index in [2.05, 4.69) is 51.9 Å². The lowest BCUT2D eigenvalue weighted by molar-refractivity contribution is -0.121. The van der Waals surface area contributed by atoms with Crippen molar-refractivity contribution >= 4 is 21.8 Å². The van der Waals surface area contributed by atoms with Gasteiger partial charge in [0.25, 0.3) is 0 Å². The van der Waals surface area contributed by atoms with E-state index >= 15 is 0 Å². The van der Waals surface area contributed by atoms with E-state index in [4.69, 9.17) is 0 Å². The zero-order valence-corrected chi connectivity index (χ0v) is 13.4. The standard InChI is InChI=1S/C13H26BrN3O/c1-11(2)12(10-15-13(18)4-5-14)17-8-6-16(3)7-9-17/h11-12H,4-10H2,1-3H3,(H,15,18). The van der Waals surface area contributed by atoms with Crippen LogP contribution in [0.25, 0.3) is 0 Å². The number of rotatable bonds is 6. The van der Waals surface area contributed by atoms with Gasteiger partial charge < -0.3 is 10.2 Å². The molecule has 5 heteroatoms. The molecule has 1 rings (SSSR count). The molecule has 1 aliphatic rings. The van der Waals surface area contributed by atoms with E-state index in [0.717, 1.165) is 38.1 Å². The fourth-order valence-corrected chi connectivity index (χ4v) is 2.69. The van der Waals surface area contributed by atoms with Crippen LogP contribution in [0.1, 0.15) is 20.3 Å². The molecule has 0 aliphatic carbocycles. The minimum absolute atomic E-state index is 0.145. The van der Waals surface area contributed by atoms with Crippen LogP contribution in [0.15, 0.2) is 0 Å². The predicted molar refractivity (Wildman–Crippen MR) is 79.1 cm³/mol. The summed E-state index contributed by atoms with van der Waals surface area (Å²) in [5.41, 5.74) is 0. The summed E-state index contributed by atoms with van der Waals surface area (Å²) in [4.78, 5) is 16.4. The highest BCUT2D eigenvalue weighted by Crippen LogP contribution is 2.12. The number of hydrogen-bond acceptors (Lipinski definition) is 3. The van der Waals surface area contributed by atoms with Gasteiger partial charge in [0, 0.05) is 50.5 Å². The van der Waals surface area contributed by atoms with Gasteiger partial charge >= 0.3 is 0 Å². The zero-order chi connectivity index (χ0) is 13.5. The molecule has 1 saturated heterocycles. The number of halogens is 1. The number of alkyl halides is 1. The van der Waals surface area contributed by atoms with Gasteiger partial charge in [-0.25, -0.2) is 0 Å². The number of nitrogens with zero attached hydrogens (tertiary/aromatic N) is 2. The lowest BCUT2D eigenvalue weighted by Crippen LogP contribution is -2.54. The van der Waals surface area contributed by atoms with Crippen molar-refractivity contribution in [3.8, 4) is 0 Å². The van der Waals surface area contributed by atoms with E-state index < -0.39 is 0 Å². The van der Waals surface area contributed by atoms with Crippen molar-refractivity contribution in [2.45, 2.75) is 26.3 Å². The van der Waals surface area contributed by atoms with Crippen molar-refractivity contribution in [3.63, 3.8) is 0 Å². The topological polar surface area (TPSA) is 35.6 Å². The maximum absolute atomic E-state index is 11.5. The summed E-state index contributed by atoms with van der Waals surface area (Å²) in [5.74, 6) is 0.712. The first-order chi connectivity index (χ1) is 8.54. The number of carbonyl (C=O) groups is 1. The molecule has 0 saturated carbocycles. The number of nitrogens with one attached hydrogen (secondary N) is 1. The summed E-state index contributed by atoms with van der Waals surface area (Å²) in [6.45, 7) is 9.70.